The van der Waals surface area contributed by atoms with E-state index in [2.05, 4.69) is 6.58 Å². The van der Waals surface area contributed by atoms with Gasteiger partial charge in [0.25, 0.3) is 5.92 Å². The molecular formula is C15H18F2O3. The third-order valence-corrected chi connectivity index (χ3v) is 2.58. The van der Waals surface area contributed by atoms with Crippen LogP contribution >= 0.6 is 0 Å². The van der Waals surface area contributed by atoms with E-state index >= 15 is 0 Å². The van der Waals surface area contributed by atoms with Crippen LogP contribution in [0.15, 0.2) is 36.4 Å². The summed E-state index contributed by atoms with van der Waals surface area (Å²) < 4.78 is 37.8. The highest BCUT2D eigenvalue weighted by atomic mass is 19.3. The number of hydrogen-bond donors (Lipinski definition) is 0. The fourth-order valence-electron chi connectivity index (χ4n) is 1.57. The third kappa shape index (κ3) is 4.33. The molecule has 0 unspecified atom stereocenters. The zero-order valence-corrected chi connectivity index (χ0v) is 11.8. The molecule has 0 aromatic heterocycles. The average molecular weight is 284 g/mol. The van der Waals surface area contributed by atoms with Gasteiger partial charge in [0.15, 0.2) is 0 Å². The number of methoxy groups -OCH3 is 1. The first-order chi connectivity index (χ1) is 9.26. The van der Waals surface area contributed by atoms with Crippen LogP contribution in [0, 0.1) is 0 Å². The molecule has 0 amide bonds. The molecule has 20 heavy (non-hydrogen) atoms. The first-order valence-corrected chi connectivity index (χ1v) is 6.17. The average Bonchev–Trinajstić information content (AvgIpc) is 2.37. The van der Waals surface area contributed by atoms with E-state index in [1.807, 2.05) is 0 Å². The Hall–Kier alpha value is -1.91. The first kappa shape index (κ1) is 16.1. The van der Waals surface area contributed by atoms with Crippen molar-refractivity contribution in [2.24, 2.45) is 0 Å². The Bertz CT molecular complexity index is 478. The largest absolute Gasteiger partial charge is 0.497 e. The van der Waals surface area contributed by atoms with Crippen LogP contribution in [0.3, 0.4) is 0 Å². The minimum atomic E-state index is -3.18. The van der Waals surface area contributed by atoms with Gasteiger partial charge in [-0.05, 0) is 38.1 Å². The second-order valence-corrected chi connectivity index (χ2v) is 4.67. The van der Waals surface area contributed by atoms with E-state index < -0.39 is 18.3 Å². The highest BCUT2D eigenvalue weighted by Crippen LogP contribution is 2.35. The van der Waals surface area contributed by atoms with Gasteiger partial charge < -0.3 is 9.47 Å². The minimum Gasteiger partial charge on any atom is -0.497 e. The summed E-state index contributed by atoms with van der Waals surface area (Å²) in [5.41, 5.74) is -0.448. The standard InChI is InChI=1S/C15H18F2O3/c1-10(2)20-14(18)11(3)9-15(16,17)12-5-7-13(19-4)8-6-12/h5-8,10H,3,9H2,1-2,4H3. The smallest absolute Gasteiger partial charge is 0.333 e. The Kier molecular flexibility index (Phi) is 5.25. The molecule has 0 saturated heterocycles. The van der Waals surface area contributed by atoms with E-state index in [-0.39, 0.29) is 17.2 Å². The number of halogens is 2. The Morgan fingerprint density at radius 2 is 1.85 bits per heavy atom. The van der Waals surface area contributed by atoms with Crippen LogP contribution in [-0.4, -0.2) is 19.2 Å². The quantitative estimate of drug-likeness (QED) is 0.590. The molecule has 0 saturated carbocycles. The highest BCUT2D eigenvalue weighted by molar-refractivity contribution is 5.88. The van der Waals surface area contributed by atoms with Crippen molar-refractivity contribution >= 4 is 5.97 Å². The van der Waals surface area contributed by atoms with Crippen LogP contribution in [0.4, 0.5) is 8.78 Å². The Labute approximate surface area is 117 Å². The van der Waals surface area contributed by atoms with Crippen molar-refractivity contribution < 1.29 is 23.0 Å². The number of ether oxygens (including phenoxy) is 2. The van der Waals surface area contributed by atoms with Crippen LogP contribution in [0.1, 0.15) is 25.8 Å². The lowest BCUT2D eigenvalue weighted by Crippen LogP contribution is -2.20. The van der Waals surface area contributed by atoms with Crippen molar-refractivity contribution in [3.8, 4) is 5.75 Å². The van der Waals surface area contributed by atoms with E-state index in [0.29, 0.717) is 5.75 Å². The topological polar surface area (TPSA) is 35.5 Å². The summed E-state index contributed by atoms with van der Waals surface area (Å²) in [6, 6.07) is 5.41. The van der Waals surface area contributed by atoms with Gasteiger partial charge in [0, 0.05) is 17.6 Å². The van der Waals surface area contributed by atoms with Crippen molar-refractivity contribution in [1.29, 1.82) is 0 Å². The van der Waals surface area contributed by atoms with Crippen LogP contribution in [-0.2, 0) is 15.5 Å². The molecule has 0 aliphatic rings. The van der Waals surface area contributed by atoms with Gasteiger partial charge in [-0.15, -0.1) is 0 Å². The van der Waals surface area contributed by atoms with Crippen LogP contribution in [0.2, 0.25) is 0 Å². The molecule has 0 aliphatic carbocycles. The normalized spacial score (nSPS) is 11.3. The summed E-state index contributed by atoms with van der Waals surface area (Å²) in [6.07, 6.45) is -1.14. The van der Waals surface area contributed by atoms with E-state index in [9.17, 15) is 13.6 Å². The second kappa shape index (κ2) is 6.50. The summed E-state index contributed by atoms with van der Waals surface area (Å²) in [5, 5.41) is 0. The predicted octanol–water partition coefficient (Wildman–Crippen LogP) is 3.68. The van der Waals surface area contributed by atoms with E-state index in [1.54, 1.807) is 13.8 Å². The molecule has 0 bridgehead atoms. The van der Waals surface area contributed by atoms with Gasteiger partial charge in [0.05, 0.1) is 13.2 Å². The molecule has 0 fully saturated rings. The van der Waals surface area contributed by atoms with Gasteiger partial charge in [-0.2, -0.15) is 0 Å². The summed E-state index contributed by atoms with van der Waals surface area (Å²) >= 11 is 0. The van der Waals surface area contributed by atoms with Crippen LogP contribution in [0.25, 0.3) is 0 Å². The van der Waals surface area contributed by atoms with Crippen LogP contribution < -0.4 is 4.74 Å². The zero-order valence-electron chi connectivity index (χ0n) is 11.8. The second-order valence-electron chi connectivity index (χ2n) is 4.67. The van der Waals surface area contributed by atoms with Gasteiger partial charge >= 0.3 is 5.97 Å². The predicted molar refractivity (Wildman–Crippen MR) is 71.9 cm³/mol. The molecule has 1 aromatic rings. The first-order valence-electron chi connectivity index (χ1n) is 6.17. The van der Waals surface area contributed by atoms with Crippen molar-refractivity contribution in [2.75, 3.05) is 7.11 Å². The summed E-state index contributed by atoms with van der Waals surface area (Å²) in [4.78, 5) is 11.5. The van der Waals surface area contributed by atoms with E-state index in [0.717, 1.165) is 0 Å². The summed E-state index contributed by atoms with van der Waals surface area (Å²) in [6.45, 7) is 6.66. The molecule has 1 rings (SSSR count). The Balaban J connectivity index is 2.77. The number of hydrogen-bond acceptors (Lipinski definition) is 3. The fourth-order valence-corrected chi connectivity index (χ4v) is 1.57. The van der Waals surface area contributed by atoms with Gasteiger partial charge in [0.1, 0.15) is 5.75 Å². The molecule has 0 heterocycles. The lowest BCUT2D eigenvalue weighted by molar-refractivity contribution is -0.143. The maximum Gasteiger partial charge on any atom is 0.333 e. The lowest BCUT2D eigenvalue weighted by atomic mass is 10.0. The molecule has 0 atom stereocenters. The maximum absolute atomic E-state index is 14.0. The lowest BCUT2D eigenvalue weighted by Gasteiger charge is -2.18. The van der Waals surface area contributed by atoms with Crippen molar-refractivity contribution in [2.45, 2.75) is 32.3 Å². The van der Waals surface area contributed by atoms with Crippen molar-refractivity contribution in [3.63, 3.8) is 0 Å². The highest BCUT2D eigenvalue weighted by Gasteiger charge is 2.34. The number of rotatable bonds is 6. The molecule has 0 spiro atoms. The van der Waals surface area contributed by atoms with Crippen LogP contribution in [0.5, 0.6) is 5.75 Å². The van der Waals surface area contributed by atoms with Gasteiger partial charge in [-0.1, -0.05) is 6.58 Å². The SMILES string of the molecule is C=C(CC(F)(F)c1ccc(OC)cc1)C(=O)OC(C)C. The fraction of sp³-hybridized carbons (Fsp3) is 0.400. The monoisotopic (exact) mass is 284 g/mol. The third-order valence-electron chi connectivity index (χ3n) is 2.58. The number of carbonyl (C=O) groups excluding carboxylic acids is 1. The zero-order chi connectivity index (χ0) is 15.3. The number of carbonyl (C=O) groups is 1. The molecule has 0 radical (unpaired) electrons. The molecule has 1 aromatic carbocycles. The van der Waals surface area contributed by atoms with E-state index in [1.165, 1.54) is 31.4 Å². The Morgan fingerprint density at radius 1 is 1.30 bits per heavy atom. The van der Waals surface area contributed by atoms with Crippen molar-refractivity contribution in [3.05, 3.63) is 42.0 Å². The maximum atomic E-state index is 14.0. The number of esters is 1. The van der Waals surface area contributed by atoms with Gasteiger partial charge in [-0.25, -0.2) is 13.6 Å². The molecule has 5 heteroatoms. The molecular weight excluding hydrogens is 266 g/mol. The minimum absolute atomic E-state index is 0.197. The Morgan fingerprint density at radius 3 is 2.30 bits per heavy atom. The summed E-state index contributed by atoms with van der Waals surface area (Å²) in [7, 11) is 1.46. The molecule has 3 nitrogen and oxygen atoms in total. The summed E-state index contributed by atoms with van der Waals surface area (Å²) in [5.74, 6) is -3.49. The molecule has 110 valence electrons. The number of benzene rings is 1. The molecule has 0 aliphatic heterocycles. The van der Waals surface area contributed by atoms with Gasteiger partial charge in [0.2, 0.25) is 0 Å². The number of alkyl halides is 2. The van der Waals surface area contributed by atoms with Crippen molar-refractivity contribution in [1.82, 2.24) is 0 Å². The molecule has 0 N–H and O–H groups in total. The van der Waals surface area contributed by atoms with Gasteiger partial charge in [-0.3, -0.25) is 0 Å². The van der Waals surface area contributed by atoms with E-state index in [4.69, 9.17) is 9.47 Å².